The molecule has 16 heavy (non-hydrogen) atoms. The van der Waals surface area contributed by atoms with Crippen molar-refractivity contribution in [1.82, 2.24) is 0 Å². The van der Waals surface area contributed by atoms with E-state index >= 15 is 0 Å². The number of nitrogens with zero attached hydrogens (tertiary/aromatic N) is 1. The summed E-state index contributed by atoms with van der Waals surface area (Å²) in [5.74, 6) is 0. The van der Waals surface area contributed by atoms with Gasteiger partial charge in [0, 0.05) is 0 Å². The van der Waals surface area contributed by atoms with Gasteiger partial charge in [0.05, 0.1) is 11.3 Å². The van der Waals surface area contributed by atoms with E-state index in [4.69, 9.17) is 5.26 Å². The summed E-state index contributed by atoms with van der Waals surface area (Å²) >= 11 is 0. The summed E-state index contributed by atoms with van der Waals surface area (Å²) in [4.78, 5) is 0. The lowest BCUT2D eigenvalue weighted by Gasteiger charge is -2.29. The Balaban J connectivity index is 2.36. The van der Waals surface area contributed by atoms with Crippen molar-refractivity contribution in [2.45, 2.75) is 25.1 Å². The average Bonchev–Trinajstić information content (AvgIpc) is 2.26. The van der Waals surface area contributed by atoms with Crippen LogP contribution in [-0.2, 0) is 6.42 Å². The quantitative estimate of drug-likeness (QED) is 0.738. The number of para-hydroxylation sites is 1. The van der Waals surface area contributed by atoms with Crippen LogP contribution >= 0.6 is 0 Å². The summed E-state index contributed by atoms with van der Waals surface area (Å²) in [5.41, 5.74) is 1.38. The molecule has 0 saturated carbocycles. The van der Waals surface area contributed by atoms with E-state index in [1.807, 2.05) is 6.07 Å². The maximum atomic E-state index is 12.5. The molecular formula is C11H9F3N2. The Hall–Kier alpha value is -1.70. The van der Waals surface area contributed by atoms with Crippen molar-refractivity contribution in [3.8, 4) is 6.07 Å². The SMILES string of the molecule is N#Cc1cccc2c1NC(C(F)(F)F)CC2. The van der Waals surface area contributed by atoms with Gasteiger partial charge in [-0.15, -0.1) is 0 Å². The van der Waals surface area contributed by atoms with Gasteiger partial charge in [-0.2, -0.15) is 18.4 Å². The normalized spacial score (nSPS) is 19.5. The third kappa shape index (κ3) is 1.83. The van der Waals surface area contributed by atoms with Crippen LogP contribution in [0.15, 0.2) is 18.2 Å². The molecule has 1 unspecified atom stereocenters. The number of fused-ring (bicyclic) bond motifs is 1. The molecule has 0 bridgehead atoms. The van der Waals surface area contributed by atoms with Crippen LogP contribution in [0.25, 0.3) is 0 Å². The van der Waals surface area contributed by atoms with Gasteiger partial charge in [-0.05, 0) is 24.5 Å². The molecule has 5 heteroatoms. The third-order valence-electron chi connectivity index (χ3n) is 2.69. The Kier molecular flexibility index (Phi) is 2.50. The molecule has 2 nitrogen and oxygen atoms in total. The van der Waals surface area contributed by atoms with E-state index in [-0.39, 0.29) is 12.0 Å². The van der Waals surface area contributed by atoms with Gasteiger partial charge in [0.25, 0.3) is 0 Å². The van der Waals surface area contributed by atoms with E-state index in [2.05, 4.69) is 5.32 Å². The first-order valence-electron chi connectivity index (χ1n) is 4.87. The second kappa shape index (κ2) is 3.71. The lowest BCUT2D eigenvalue weighted by atomic mass is 9.95. The second-order valence-electron chi connectivity index (χ2n) is 3.73. The number of nitriles is 1. The molecule has 0 aromatic heterocycles. The van der Waals surface area contributed by atoms with Crippen LogP contribution in [0.2, 0.25) is 0 Å². The highest BCUT2D eigenvalue weighted by Gasteiger charge is 2.41. The van der Waals surface area contributed by atoms with E-state index in [1.54, 1.807) is 12.1 Å². The van der Waals surface area contributed by atoms with Gasteiger partial charge in [0.1, 0.15) is 12.1 Å². The van der Waals surface area contributed by atoms with Crippen molar-refractivity contribution in [2.75, 3.05) is 5.32 Å². The van der Waals surface area contributed by atoms with E-state index in [9.17, 15) is 13.2 Å². The lowest BCUT2D eigenvalue weighted by molar-refractivity contribution is -0.144. The molecule has 0 radical (unpaired) electrons. The minimum Gasteiger partial charge on any atom is -0.373 e. The van der Waals surface area contributed by atoms with E-state index in [1.165, 1.54) is 6.07 Å². The molecule has 84 valence electrons. The number of nitrogens with one attached hydrogen (secondary N) is 1. The fourth-order valence-electron chi connectivity index (χ4n) is 1.86. The zero-order chi connectivity index (χ0) is 11.8. The fraction of sp³-hybridized carbons (Fsp3) is 0.364. The van der Waals surface area contributed by atoms with Crippen molar-refractivity contribution in [2.24, 2.45) is 0 Å². The maximum Gasteiger partial charge on any atom is 0.408 e. The zero-order valence-electron chi connectivity index (χ0n) is 8.30. The Morgan fingerprint density at radius 3 is 2.75 bits per heavy atom. The molecular weight excluding hydrogens is 217 g/mol. The molecule has 0 spiro atoms. The van der Waals surface area contributed by atoms with Gasteiger partial charge in [0.2, 0.25) is 0 Å². The molecule has 0 saturated heterocycles. The van der Waals surface area contributed by atoms with E-state index in [0.29, 0.717) is 12.1 Å². The third-order valence-corrected chi connectivity index (χ3v) is 2.69. The van der Waals surface area contributed by atoms with Crippen LogP contribution in [0.4, 0.5) is 18.9 Å². The Morgan fingerprint density at radius 1 is 1.38 bits per heavy atom. The molecule has 2 rings (SSSR count). The number of anilines is 1. The summed E-state index contributed by atoms with van der Waals surface area (Å²) in [5, 5.41) is 11.2. The molecule has 1 N–H and O–H groups in total. The van der Waals surface area contributed by atoms with Gasteiger partial charge < -0.3 is 5.32 Å². The van der Waals surface area contributed by atoms with E-state index < -0.39 is 12.2 Å². The smallest absolute Gasteiger partial charge is 0.373 e. The number of alkyl halides is 3. The maximum absolute atomic E-state index is 12.5. The summed E-state index contributed by atoms with van der Waals surface area (Å²) < 4.78 is 37.6. The lowest BCUT2D eigenvalue weighted by Crippen LogP contribution is -2.39. The molecule has 1 aliphatic rings. The number of benzene rings is 1. The molecule has 0 aliphatic carbocycles. The van der Waals surface area contributed by atoms with Crippen LogP contribution in [0, 0.1) is 11.3 Å². The molecule has 1 aromatic rings. The van der Waals surface area contributed by atoms with Crippen LogP contribution in [0.3, 0.4) is 0 Å². The Labute approximate surface area is 90.7 Å². The summed E-state index contributed by atoms with van der Waals surface area (Å²) in [7, 11) is 0. The number of rotatable bonds is 0. The summed E-state index contributed by atoms with van der Waals surface area (Å²) in [6.45, 7) is 0. The standard InChI is InChI=1S/C11H9F3N2/c12-11(13,14)9-5-4-7-2-1-3-8(6-15)10(7)16-9/h1-3,9,16H,4-5H2. The highest BCUT2D eigenvalue weighted by atomic mass is 19.4. The average molecular weight is 226 g/mol. The first kappa shape index (κ1) is 10.8. The minimum absolute atomic E-state index is 0.0192. The minimum atomic E-state index is -4.26. The Bertz CT molecular complexity index is 446. The van der Waals surface area contributed by atoms with Gasteiger partial charge in [-0.1, -0.05) is 12.1 Å². The van der Waals surface area contributed by atoms with Gasteiger partial charge in [-0.3, -0.25) is 0 Å². The largest absolute Gasteiger partial charge is 0.408 e. The molecule has 0 fully saturated rings. The molecule has 0 amide bonds. The second-order valence-corrected chi connectivity index (χ2v) is 3.73. The van der Waals surface area contributed by atoms with Crippen molar-refractivity contribution in [3.63, 3.8) is 0 Å². The van der Waals surface area contributed by atoms with Crippen LogP contribution < -0.4 is 5.32 Å². The topological polar surface area (TPSA) is 35.8 Å². The molecule has 1 heterocycles. The van der Waals surface area contributed by atoms with Crippen LogP contribution in [0.5, 0.6) is 0 Å². The number of aryl methyl sites for hydroxylation is 1. The molecule has 1 aromatic carbocycles. The van der Waals surface area contributed by atoms with Crippen LogP contribution in [0.1, 0.15) is 17.5 Å². The molecule has 1 atom stereocenters. The predicted molar refractivity (Wildman–Crippen MR) is 52.9 cm³/mol. The zero-order valence-corrected chi connectivity index (χ0v) is 8.30. The highest BCUT2D eigenvalue weighted by Crippen LogP contribution is 2.34. The first-order valence-corrected chi connectivity index (χ1v) is 4.87. The molecule has 1 aliphatic heterocycles. The van der Waals surface area contributed by atoms with Crippen molar-refractivity contribution < 1.29 is 13.2 Å². The first-order chi connectivity index (χ1) is 7.52. The van der Waals surface area contributed by atoms with Crippen molar-refractivity contribution >= 4 is 5.69 Å². The summed E-state index contributed by atoms with van der Waals surface area (Å²) in [6.07, 6.45) is -3.90. The highest BCUT2D eigenvalue weighted by molar-refractivity contribution is 5.64. The van der Waals surface area contributed by atoms with Crippen molar-refractivity contribution in [1.29, 1.82) is 5.26 Å². The van der Waals surface area contributed by atoms with Gasteiger partial charge in [0.15, 0.2) is 0 Å². The number of hydrogen-bond acceptors (Lipinski definition) is 2. The number of hydrogen-bond donors (Lipinski definition) is 1. The van der Waals surface area contributed by atoms with Gasteiger partial charge in [-0.25, -0.2) is 0 Å². The monoisotopic (exact) mass is 226 g/mol. The predicted octanol–water partition coefficient (Wildman–Crippen LogP) is 2.85. The Morgan fingerprint density at radius 2 is 2.12 bits per heavy atom. The van der Waals surface area contributed by atoms with Gasteiger partial charge >= 0.3 is 6.18 Å². The van der Waals surface area contributed by atoms with Crippen molar-refractivity contribution in [3.05, 3.63) is 29.3 Å². The fourth-order valence-corrected chi connectivity index (χ4v) is 1.86. The number of halogens is 3. The van der Waals surface area contributed by atoms with E-state index in [0.717, 1.165) is 5.56 Å². The van der Waals surface area contributed by atoms with Crippen LogP contribution in [-0.4, -0.2) is 12.2 Å². The summed E-state index contributed by atoms with van der Waals surface area (Å²) in [6, 6.07) is 5.30.